The van der Waals surface area contributed by atoms with Crippen LogP contribution in [0.25, 0.3) is 0 Å². The predicted octanol–water partition coefficient (Wildman–Crippen LogP) is 1.94. The molecule has 0 radical (unpaired) electrons. The molecule has 2 atom stereocenters. The molecule has 0 aliphatic rings. The van der Waals surface area contributed by atoms with Crippen molar-refractivity contribution in [2.24, 2.45) is 0 Å². The van der Waals surface area contributed by atoms with E-state index in [0.717, 1.165) is 0 Å². The first-order valence-corrected chi connectivity index (χ1v) is 7.34. The van der Waals surface area contributed by atoms with Gasteiger partial charge in [-0.15, -0.1) is 0 Å². The summed E-state index contributed by atoms with van der Waals surface area (Å²) in [5.41, 5.74) is 0.604. The molecule has 0 bridgehead atoms. The maximum absolute atomic E-state index is 11.7. The van der Waals surface area contributed by atoms with Crippen molar-refractivity contribution < 1.29 is 28.7 Å². The van der Waals surface area contributed by atoms with E-state index in [2.05, 4.69) is 9.47 Å². The monoisotopic (exact) mass is 339 g/mol. The number of carbonyl (C=O) groups excluding carboxylic acids is 2. The summed E-state index contributed by atoms with van der Waals surface area (Å²) in [6.07, 6.45) is -0.293. The molecule has 0 spiro atoms. The van der Waals surface area contributed by atoms with Crippen molar-refractivity contribution in [1.29, 1.82) is 0 Å². The second-order valence-electron chi connectivity index (χ2n) is 5.13. The minimum atomic E-state index is -1.11. The number of hydrogen-bond donors (Lipinski definition) is 0. The van der Waals surface area contributed by atoms with Gasteiger partial charge in [0.05, 0.1) is 40.1 Å². The van der Waals surface area contributed by atoms with Gasteiger partial charge in [-0.05, 0) is 17.7 Å². The quantitative estimate of drug-likeness (QED) is 0.384. The Morgan fingerprint density at radius 3 is 2.12 bits per heavy atom. The zero-order valence-corrected chi connectivity index (χ0v) is 13.9. The van der Waals surface area contributed by atoms with Crippen molar-refractivity contribution in [3.63, 3.8) is 0 Å². The number of rotatable bonds is 9. The Morgan fingerprint density at radius 1 is 1.08 bits per heavy atom. The van der Waals surface area contributed by atoms with E-state index >= 15 is 0 Å². The highest BCUT2D eigenvalue weighted by atomic mass is 16.6. The Balaban J connectivity index is 3.08. The maximum atomic E-state index is 11.7. The van der Waals surface area contributed by atoms with Gasteiger partial charge in [0.1, 0.15) is 5.75 Å². The molecule has 0 heterocycles. The van der Waals surface area contributed by atoms with E-state index in [4.69, 9.17) is 4.74 Å². The number of carbonyl (C=O) groups is 2. The van der Waals surface area contributed by atoms with Crippen molar-refractivity contribution >= 4 is 11.9 Å². The third-order valence-electron chi connectivity index (χ3n) is 3.77. The predicted molar refractivity (Wildman–Crippen MR) is 84.4 cm³/mol. The number of hydrogen-bond acceptors (Lipinski definition) is 7. The zero-order valence-electron chi connectivity index (χ0n) is 13.9. The largest absolute Gasteiger partial charge is 0.497 e. The van der Waals surface area contributed by atoms with Crippen molar-refractivity contribution in [3.8, 4) is 5.75 Å². The molecule has 0 amide bonds. The second-order valence-corrected chi connectivity index (χ2v) is 5.13. The van der Waals surface area contributed by atoms with Gasteiger partial charge < -0.3 is 14.2 Å². The Bertz CT molecular complexity index is 570. The lowest BCUT2D eigenvalue weighted by molar-refractivity contribution is -0.527. The highest BCUT2D eigenvalue weighted by molar-refractivity contribution is 5.71. The smallest absolute Gasteiger partial charge is 0.306 e. The molecule has 0 aliphatic carbocycles. The average Bonchev–Trinajstić information content (AvgIpc) is 2.60. The molecular formula is C16H21NO7. The Morgan fingerprint density at radius 2 is 1.67 bits per heavy atom. The van der Waals surface area contributed by atoms with Crippen LogP contribution in [0.5, 0.6) is 5.75 Å². The minimum Gasteiger partial charge on any atom is -0.497 e. The third kappa shape index (κ3) is 5.53. The summed E-state index contributed by atoms with van der Waals surface area (Å²) in [5.74, 6) is -1.21. The number of methoxy groups -OCH3 is 3. The van der Waals surface area contributed by atoms with E-state index in [1.54, 1.807) is 24.3 Å². The van der Waals surface area contributed by atoms with Crippen LogP contribution in [0.2, 0.25) is 0 Å². The van der Waals surface area contributed by atoms with Gasteiger partial charge in [0.2, 0.25) is 6.04 Å². The number of nitro groups is 1. The molecule has 1 rings (SSSR count). The van der Waals surface area contributed by atoms with Crippen molar-refractivity contribution in [2.45, 2.75) is 31.2 Å². The Hall–Kier alpha value is -2.64. The van der Waals surface area contributed by atoms with Gasteiger partial charge in [0.25, 0.3) is 0 Å². The van der Waals surface area contributed by atoms with Gasteiger partial charge in [-0.1, -0.05) is 12.1 Å². The van der Waals surface area contributed by atoms with Crippen LogP contribution in [-0.2, 0) is 19.1 Å². The molecule has 0 aromatic heterocycles. The Kier molecular flexibility index (Phi) is 7.67. The van der Waals surface area contributed by atoms with Crippen molar-refractivity contribution in [1.82, 2.24) is 0 Å². The first-order valence-electron chi connectivity index (χ1n) is 7.34. The molecule has 0 fully saturated rings. The lowest BCUT2D eigenvalue weighted by atomic mass is 9.86. The van der Waals surface area contributed by atoms with E-state index in [-0.39, 0.29) is 19.3 Å². The molecule has 0 saturated carbocycles. The van der Waals surface area contributed by atoms with Gasteiger partial charge in [-0.25, -0.2) is 0 Å². The fraction of sp³-hybridized carbons (Fsp3) is 0.500. The number of nitrogens with zero attached hydrogens (tertiary/aromatic N) is 1. The fourth-order valence-electron chi connectivity index (χ4n) is 2.41. The first-order chi connectivity index (χ1) is 11.4. The summed E-state index contributed by atoms with van der Waals surface area (Å²) in [6.45, 7) is 0. The summed E-state index contributed by atoms with van der Waals surface area (Å²) < 4.78 is 14.2. The highest BCUT2D eigenvalue weighted by Crippen LogP contribution is 2.30. The van der Waals surface area contributed by atoms with E-state index in [1.807, 2.05) is 0 Å². The summed E-state index contributed by atoms with van der Waals surface area (Å²) in [7, 11) is 3.96. The van der Waals surface area contributed by atoms with Crippen molar-refractivity contribution in [3.05, 3.63) is 39.9 Å². The van der Waals surface area contributed by atoms with Crippen molar-refractivity contribution in [2.75, 3.05) is 21.3 Å². The molecule has 1 aromatic carbocycles. The molecule has 0 N–H and O–H groups in total. The number of ether oxygens (including phenoxy) is 3. The lowest BCUT2D eigenvalue weighted by Gasteiger charge is -2.20. The van der Waals surface area contributed by atoms with E-state index < -0.39 is 28.8 Å². The van der Waals surface area contributed by atoms with Crippen LogP contribution >= 0.6 is 0 Å². The third-order valence-corrected chi connectivity index (χ3v) is 3.77. The second kappa shape index (κ2) is 9.49. The van der Waals surface area contributed by atoms with Crippen LogP contribution in [0, 0.1) is 10.1 Å². The fourth-order valence-corrected chi connectivity index (χ4v) is 2.41. The molecule has 8 nitrogen and oxygen atoms in total. The normalized spacial score (nSPS) is 12.8. The van der Waals surface area contributed by atoms with Crippen LogP contribution in [-0.4, -0.2) is 44.2 Å². The van der Waals surface area contributed by atoms with Crippen LogP contribution in [0.4, 0.5) is 0 Å². The summed E-state index contributed by atoms with van der Waals surface area (Å²) in [4.78, 5) is 34.0. The van der Waals surface area contributed by atoms with Crippen LogP contribution in [0.15, 0.2) is 24.3 Å². The number of benzene rings is 1. The maximum Gasteiger partial charge on any atom is 0.306 e. The average molecular weight is 339 g/mol. The van der Waals surface area contributed by atoms with Crippen LogP contribution < -0.4 is 4.74 Å². The van der Waals surface area contributed by atoms with E-state index in [0.29, 0.717) is 11.3 Å². The van der Waals surface area contributed by atoms with Gasteiger partial charge >= 0.3 is 11.9 Å². The molecule has 0 saturated heterocycles. The van der Waals surface area contributed by atoms with E-state index in [1.165, 1.54) is 21.3 Å². The molecular weight excluding hydrogens is 318 g/mol. The minimum absolute atomic E-state index is 0.0344. The van der Waals surface area contributed by atoms with Crippen LogP contribution in [0.1, 0.15) is 30.7 Å². The van der Waals surface area contributed by atoms with Gasteiger partial charge in [-0.2, -0.15) is 0 Å². The molecule has 2 unspecified atom stereocenters. The van der Waals surface area contributed by atoms with E-state index in [9.17, 15) is 19.7 Å². The molecule has 132 valence electrons. The molecule has 24 heavy (non-hydrogen) atoms. The molecule has 1 aromatic rings. The van der Waals surface area contributed by atoms with Crippen LogP contribution in [0.3, 0.4) is 0 Å². The summed E-state index contributed by atoms with van der Waals surface area (Å²) in [6, 6.07) is 5.55. The standard InChI is InChI=1S/C16H21NO7/c1-22-12-6-4-11(5-7-12)13(10-16(19)24-3)14(17(20)21)8-9-15(18)23-2/h4-7,13-14H,8-10H2,1-3H3. The SMILES string of the molecule is COC(=O)CCC(C(CC(=O)OC)c1ccc(OC)cc1)[N+](=O)[O-]. The number of esters is 2. The highest BCUT2D eigenvalue weighted by Gasteiger charge is 2.35. The summed E-state index contributed by atoms with van der Waals surface area (Å²) >= 11 is 0. The van der Waals surface area contributed by atoms with Gasteiger partial charge in [0, 0.05) is 11.3 Å². The topological polar surface area (TPSA) is 105 Å². The van der Waals surface area contributed by atoms with Gasteiger partial charge in [0.15, 0.2) is 0 Å². The Labute approximate surface area is 139 Å². The molecule has 0 aliphatic heterocycles. The summed E-state index contributed by atoms with van der Waals surface area (Å²) in [5, 5.41) is 11.5. The lowest BCUT2D eigenvalue weighted by Crippen LogP contribution is -2.30. The van der Waals surface area contributed by atoms with Gasteiger partial charge in [-0.3, -0.25) is 19.7 Å². The molecule has 8 heteroatoms. The zero-order chi connectivity index (χ0) is 18.1. The first kappa shape index (κ1) is 19.4.